The molecule has 1 N–H and O–H groups in total. The first kappa shape index (κ1) is 10.5. The Labute approximate surface area is 93.2 Å². The molecule has 0 radical (unpaired) electrons. The third-order valence-corrected chi connectivity index (χ3v) is 3.02. The monoisotopic (exact) mass is 228 g/mol. The maximum absolute atomic E-state index is 11.9. The van der Waals surface area contributed by atoms with Crippen molar-refractivity contribution in [3.63, 3.8) is 0 Å². The van der Waals surface area contributed by atoms with Gasteiger partial charge in [-0.25, -0.2) is 0 Å². The van der Waals surface area contributed by atoms with Crippen LogP contribution in [0.15, 0.2) is 16.7 Å². The Morgan fingerprint density at radius 1 is 1.73 bits per heavy atom. The van der Waals surface area contributed by atoms with Gasteiger partial charge in [0.05, 0.1) is 11.8 Å². The number of halogens is 1. The number of amides is 1. The van der Waals surface area contributed by atoms with Gasteiger partial charge in [0, 0.05) is 19.1 Å². The molecule has 1 amide bonds. The van der Waals surface area contributed by atoms with E-state index in [-0.39, 0.29) is 11.1 Å². The standard InChI is InChI=1S/C10H13ClN2O2/c1-12-7-2-4-13(6-7)10(14)8-3-5-15-9(8)11/h3,5,7,12H,2,4,6H2,1H3. The fraction of sp³-hybridized carbons (Fsp3) is 0.500. The van der Waals surface area contributed by atoms with Crippen LogP contribution in [-0.2, 0) is 0 Å². The molecule has 0 aliphatic carbocycles. The molecule has 1 aliphatic rings. The number of hydrogen-bond acceptors (Lipinski definition) is 3. The van der Waals surface area contributed by atoms with E-state index < -0.39 is 0 Å². The number of carbonyl (C=O) groups is 1. The lowest BCUT2D eigenvalue weighted by Crippen LogP contribution is -2.33. The van der Waals surface area contributed by atoms with Gasteiger partial charge >= 0.3 is 0 Å². The lowest BCUT2D eigenvalue weighted by atomic mass is 10.3. The number of hydrogen-bond donors (Lipinski definition) is 1. The average Bonchev–Trinajstić information content (AvgIpc) is 2.84. The smallest absolute Gasteiger partial charge is 0.258 e. The van der Waals surface area contributed by atoms with Crippen molar-refractivity contribution in [3.8, 4) is 0 Å². The zero-order valence-corrected chi connectivity index (χ0v) is 9.25. The van der Waals surface area contributed by atoms with Crippen LogP contribution in [0.1, 0.15) is 16.8 Å². The van der Waals surface area contributed by atoms with E-state index >= 15 is 0 Å². The highest BCUT2D eigenvalue weighted by Gasteiger charge is 2.27. The van der Waals surface area contributed by atoms with Crippen LogP contribution in [0.5, 0.6) is 0 Å². The van der Waals surface area contributed by atoms with Crippen LogP contribution in [0, 0.1) is 0 Å². The van der Waals surface area contributed by atoms with E-state index in [2.05, 4.69) is 5.32 Å². The molecule has 2 heterocycles. The normalized spacial score (nSPS) is 20.9. The molecule has 1 aliphatic heterocycles. The number of nitrogens with one attached hydrogen (secondary N) is 1. The third kappa shape index (κ3) is 2.01. The van der Waals surface area contributed by atoms with E-state index in [0.717, 1.165) is 19.5 Å². The van der Waals surface area contributed by atoms with E-state index in [0.29, 0.717) is 11.6 Å². The van der Waals surface area contributed by atoms with E-state index in [1.807, 2.05) is 7.05 Å². The van der Waals surface area contributed by atoms with Crippen molar-refractivity contribution in [2.45, 2.75) is 12.5 Å². The summed E-state index contributed by atoms with van der Waals surface area (Å²) in [5.41, 5.74) is 0.452. The molecule has 0 bridgehead atoms. The molecule has 0 saturated carbocycles. The van der Waals surface area contributed by atoms with Crippen LogP contribution in [0.3, 0.4) is 0 Å². The van der Waals surface area contributed by atoms with Gasteiger partial charge < -0.3 is 14.6 Å². The predicted molar refractivity (Wildman–Crippen MR) is 57.1 cm³/mol. The molecule has 15 heavy (non-hydrogen) atoms. The number of likely N-dealkylation sites (tertiary alicyclic amines) is 1. The molecule has 82 valence electrons. The maximum atomic E-state index is 11.9. The first-order valence-corrected chi connectivity index (χ1v) is 5.29. The van der Waals surface area contributed by atoms with Crippen LogP contribution < -0.4 is 5.32 Å². The van der Waals surface area contributed by atoms with Gasteiger partial charge in [-0.05, 0) is 31.1 Å². The van der Waals surface area contributed by atoms with Gasteiger partial charge in [0.25, 0.3) is 5.91 Å². The summed E-state index contributed by atoms with van der Waals surface area (Å²) >= 11 is 5.75. The Hall–Kier alpha value is -1.00. The highest BCUT2D eigenvalue weighted by Crippen LogP contribution is 2.20. The second kappa shape index (κ2) is 4.24. The summed E-state index contributed by atoms with van der Waals surface area (Å²) in [5, 5.41) is 3.33. The predicted octanol–water partition coefficient (Wildman–Crippen LogP) is 1.37. The van der Waals surface area contributed by atoms with Gasteiger partial charge in [-0.15, -0.1) is 0 Å². The number of furan rings is 1. The van der Waals surface area contributed by atoms with Crippen molar-refractivity contribution >= 4 is 17.5 Å². The van der Waals surface area contributed by atoms with E-state index in [9.17, 15) is 4.79 Å². The summed E-state index contributed by atoms with van der Waals surface area (Å²) in [6, 6.07) is 2.00. The second-order valence-electron chi connectivity index (χ2n) is 3.63. The van der Waals surface area contributed by atoms with Gasteiger partial charge in [-0.1, -0.05) is 0 Å². The summed E-state index contributed by atoms with van der Waals surface area (Å²) in [6.45, 7) is 1.50. The molecule has 1 aromatic rings. The van der Waals surface area contributed by atoms with Crippen LogP contribution in [0.25, 0.3) is 0 Å². The lowest BCUT2D eigenvalue weighted by molar-refractivity contribution is 0.0789. The molecule has 1 atom stereocenters. The van der Waals surface area contributed by atoms with Crippen molar-refractivity contribution in [2.75, 3.05) is 20.1 Å². The highest BCUT2D eigenvalue weighted by atomic mass is 35.5. The Morgan fingerprint density at radius 3 is 3.07 bits per heavy atom. The van der Waals surface area contributed by atoms with E-state index in [1.54, 1.807) is 11.0 Å². The molecule has 1 unspecified atom stereocenters. The van der Waals surface area contributed by atoms with Crippen LogP contribution >= 0.6 is 11.6 Å². The van der Waals surface area contributed by atoms with Crippen molar-refractivity contribution in [1.29, 1.82) is 0 Å². The zero-order chi connectivity index (χ0) is 10.8. The molecule has 2 rings (SSSR count). The van der Waals surface area contributed by atoms with Gasteiger partial charge in [-0.2, -0.15) is 0 Å². The second-order valence-corrected chi connectivity index (χ2v) is 3.98. The van der Waals surface area contributed by atoms with Crippen LogP contribution in [0.4, 0.5) is 0 Å². The molecule has 0 aromatic carbocycles. The highest BCUT2D eigenvalue weighted by molar-refractivity contribution is 6.32. The van der Waals surface area contributed by atoms with Gasteiger partial charge in [0.2, 0.25) is 5.22 Å². The quantitative estimate of drug-likeness (QED) is 0.832. The molecular weight excluding hydrogens is 216 g/mol. The number of rotatable bonds is 2. The van der Waals surface area contributed by atoms with Gasteiger partial charge in [0.15, 0.2) is 0 Å². The van der Waals surface area contributed by atoms with E-state index in [4.69, 9.17) is 16.0 Å². The Balaban J connectivity index is 2.07. The third-order valence-electron chi connectivity index (χ3n) is 2.73. The van der Waals surface area contributed by atoms with Crippen LogP contribution in [0.2, 0.25) is 5.22 Å². The summed E-state index contributed by atoms with van der Waals surface area (Å²) < 4.78 is 4.90. The fourth-order valence-corrected chi connectivity index (χ4v) is 1.99. The first-order chi connectivity index (χ1) is 7.22. The minimum Gasteiger partial charge on any atom is -0.452 e. The Kier molecular flexibility index (Phi) is 2.98. The topological polar surface area (TPSA) is 45.5 Å². The minimum absolute atomic E-state index is 0.0495. The van der Waals surface area contributed by atoms with Crippen molar-refractivity contribution in [1.82, 2.24) is 10.2 Å². The van der Waals surface area contributed by atoms with E-state index in [1.165, 1.54) is 6.26 Å². The number of likely N-dealkylation sites (N-methyl/N-ethyl adjacent to an activating group) is 1. The first-order valence-electron chi connectivity index (χ1n) is 4.92. The molecule has 4 nitrogen and oxygen atoms in total. The van der Waals surface area contributed by atoms with Gasteiger partial charge in [-0.3, -0.25) is 4.79 Å². The van der Waals surface area contributed by atoms with Crippen LogP contribution in [-0.4, -0.2) is 37.0 Å². The minimum atomic E-state index is -0.0495. The maximum Gasteiger partial charge on any atom is 0.258 e. The molecule has 1 saturated heterocycles. The molecular formula is C10H13ClN2O2. The molecule has 5 heteroatoms. The summed E-state index contributed by atoms with van der Waals surface area (Å²) in [5.74, 6) is -0.0495. The molecule has 1 aromatic heterocycles. The average molecular weight is 229 g/mol. The van der Waals surface area contributed by atoms with Crippen molar-refractivity contribution in [3.05, 3.63) is 23.1 Å². The Bertz CT molecular complexity index is 364. The SMILES string of the molecule is CNC1CCN(C(=O)c2ccoc2Cl)C1. The van der Waals surface area contributed by atoms with Crippen molar-refractivity contribution < 1.29 is 9.21 Å². The number of carbonyl (C=O) groups excluding carboxylic acids is 1. The zero-order valence-electron chi connectivity index (χ0n) is 8.50. The number of nitrogens with zero attached hydrogens (tertiary/aromatic N) is 1. The largest absolute Gasteiger partial charge is 0.452 e. The lowest BCUT2D eigenvalue weighted by Gasteiger charge is -2.15. The molecule has 1 fully saturated rings. The fourth-order valence-electron chi connectivity index (χ4n) is 1.80. The van der Waals surface area contributed by atoms with Crippen molar-refractivity contribution in [2.24, 2.45) is 0 Å². The summed E-state index contributed by atoms with van der Waals surface area (Å²) in [6.07, 6.45) is 2.42. The summed E-state index contributed by atoms with van der Waals surface area (Å²) in [4.78, 5) is 13.7. The Morgan fingerprint density at radius 2 is 2.53 bits per heavy atom. The molecule has 0 spiro atoms. The van der Waals surface area contributed by atoms with Gasteiger partial charge in [0.1, 0.15) is 0 Å². The summed E-state index contributed by atoms with van der Waals surface area (Å²) in [7, 11) is 1.91.